The van der Waals surface area contributed by atoms with Crippen molar-refractivity contribution in [3.8, 4) is 0 Å². The van der Waals surface area contributed by atoms with Crippen molar-refractivity contribution < 1.29 is 14.7 Å². The van der Waals surface area contributed by atoms with Crippen LogP contribution in [0.3, 0.4) is 0 Å². The van der Waals surface area contributed by atoms with Crippen molar-refractivity contribution in [1.82, 2.24) is 15.1 Å². The number of carbonyl (C=O) groups excluding carboxylic acids is 2. The zero-order chi connectivity index (χ0) is 14.1. The summed E-state index contributed by atoms with van der Waals surface area (Å²) in [5.74, 6) is -0.284. The van der Waals surface area contributed by atoms with E-state index in [1.54, 1.807) is 4.90 Å². The number of aliphatic hydroxyl groups excluding tert-OH is 1. The fourth-order valence-corrected chi connectivity index (χ4v) is 1.82. The van der Waals surface area contributed by atoms with Crippen LogP contribution in [0.15, 0.2) is 0 Å². The van der Waals surface area contributed by atoms with Crippen LogP contribution < -0.4 is 5.32 Å². The molecule has 0 radical (unpaired) electrons. The van der Waals surface area contributed by atoms with Crippen LogP contribution in [-0.4, -0.2) is 72.6 Å². The highest BCUT2D eigenvalue weighted by molar-refractivity contribution is 5.87. The van der Waals surface area contributed by atoms with Crippen LogP contribution in [0.1, 0.15) is 20.8 Å². The van der Waals surface area contributed by atoms with E-state index >= 15 is 0 Å². The zero-order valence-corrected chi connectivity index (χ0v) is 11.8. The second kappa shape index (κ2) is 8.88. The largest absolute Gasteiger partial charge is 0.395 e. The number of amides is 2. The second-order valence-corrected chi connectivity index (χ2v) is 4.01. The van der Waals surface area contributed by atoms with E-state index in [4.69, 9.17) is 5.11 Å². The van der Waals surface area contributed by atoms with Crippen LogP contribution in [0, 0.1) is 0 Å². The molecule has 2 N–H and O–H groups in total. The number of hydrogen-bond acceptors (Lipinski definition) is 4. The summed E-state index contributed by atoms with van der Waals surface area (Å²) in [5.41, 5.74) is 0. The Kier molecular flexibility index (Phi) is 8.32. The molecule has 1 aliphatic heterocycles. The molecule has 0 saturated carbocycles. The number of nitrogens with one attached hydrogen (secondary N) is 1. The van der Waals surface area contributed by atoms with Gasteiger partial charge < -0.3 is 20.2 Å². The van der Waals surface area contributed by atoms with Crippen molar-refractivity contribution in [2.75, 3.05) is 39.8 Å². The van der Waals surface area contributed by atoms with E-state index in [-0.39, 0.29) is 25.0 Å². The van der Waals surface area contributed by atoms with Gasteiger partial charge in [0, 0.05) is 33.1 Å². The lowest BCUT2D eigenvalue weighted by atomic mass is 10.1. The summed E-state index contributed by atoms with van der Waals surface area (Å²) in [4.78, 5) is 26.7. The minimum absolute atomic E-state index is 0.0859. The average molecular weight is 259 g/mol. The molecule has 18 heavy (non-hydrogen) atoms. The van der Waals surface area contributed by atoms with Crippen LogP contribution in [-0.2, 0) is 9.59 Å². The number of nitrogens with zero attached hydrogens (tertiary/aromatic N) is 2. The van der Waals surface area contributed by atoms with Crippen molar-refractivity contribution in [2.45, 2.75) is 26.8 Å². The van der Waals surface area contributed by atoms with Gasteiger partial charge in [0.15, 0.2) is 0 Å². The quantitative estimate of drug-likeness (QED) is 0.702. The Balaban J connectivity index is 0.00000137. The monoisotopic (exact) mass is 259 g/mol. The molecule has 0 aromatic carbocycles. The Labute approximate surface area is 109 Å². The van der Waals surface area contributed by atoms with Gasteiger partial charge in [0.1, 0.15) is 6.04 Å². The molecular formula is C12H25N3O3. The second-order valence-electron chi connectivity index (χ2n) is 4.01. The van der Waals surface area contributed by atoms with Gasteiger partial charge in [-0.1, -0.05) is 13.8 Å². The molecule has 1 atom stereocenters. The highest BCUT2D eigenvalue weighted by atomic mass is 16.3. The Hall–Kier alpha value is -1.14. The van der Waals surface area contributed by atoms with Crippen molar-refractivity contribution >= 4 is 11.8 Å². The molecule has 1 heterocycles. The first-order valence-electron chi connectivity index (χ1n) is 6.40. The third-order valence-electron chi connectivity index (χ3n) is 2.70. The number of carbonyl (C=O) groups is 2. The standard InChI is InChI=1S/C10H19N3O3.C2H6/c1-8(15)13-5-4-12(2)7-9(13)10(16)11-3-6-14;1-2/h9,14H,3-7H2,1-2H3,(H,11,16);1-2H3. The molecule has 1 saturated heterocycles. The van der Waals surface area contributed by atoms with Gasteiger partial charge >= 0.3 is 0 Å². The van der Waals surface area contributed by atoms with Crippen LogP contribution in [0.5, 0.6) is 0 Å². The summed E-state index contributed by atoms with van der Waals surface area (Å²) in [6.45, 7) is 7.50. The van der Waals surface area contributed by atoms with Crippen LogP contribution in [0.25, 0.3) is 0 Å². The van der Waals surface area contributed by atoms with Crippen LogP contribution >= 0.6 is 0 Å². The van der Waals surface area contributed by atoms with Gasteiger partial charge in [-0.2, -0.15) is 0 Å². The number of aliphatic hydroxyl groups is 1. The summed E-state index contributed by atoms with van der Waals surface area (Å²) < 4.78 is 0. The van der Waals surface area contributed by atoms with Crippen molar-refractivity contribution in [3.05, 3.63) is 0 Å². The molecule has 106 valence electrons. The van der Waals surface area contributed by atoms with E-state index in [0.717, 1.165) is 6.54 Å². The zero-order valence-electron chi connectivity index (χ0n) is 11.8. The maximum Gasteiger partial charge on any atom is 0.244 e. The fraction of sp³-hybridized carbons (Fsp3) is 0.833. The summed E-state index contributed by atoms with van der Waals surface area (Å²) in [5, 5.41) is 11.2. The summed E-state index contributed by atoms with van der Waals surface area (Å²) in [6, 6.07) is -0.442. The third-order valence-corrected chi connectivity index (χ3v) is 2.70. The molecular weight excluding hydrogens is 234 g/mol. The predicted molar refractivity (Wildman–Crippen MR) is 70.1 cm³/mol. The lowest BCUT2D eigenvalue weighted by molar-refractivity contribution is -0.142. The molecule has 6 nitrogen and oxygen atoms in total. The molecule has 2 amide bonds. The Bertz CT molecular complexity index is 271. The Morgan fingerprint density at radius 1 is 1.33 bits per heavy atom. The summed E-state index contributed by atoms with van der Waals surface area (Å²) in [6.07, 6.45) is 0. The highest BCUT2D eigenvalue weighted by Gasteiger charge is 2.32. The smallest absolute Gasteiger partial charge is 0.244 e. The number of piperazine rings is 1. The van der Waals surface area contributed by atoms with E-state index < -0.39 is 6.04 Å². The van der Waals surface area contributed by atoms with E-state index in [2.05, 4.69) is 5.32 Å². The first-order chi connectivity index (χ1) is 8.56. The summed E-state index contributed by atoms with van der Waals surface area (Å²) in [7, 11) is 1.92. The van der Waals surface area contributed by atoms with Gasteiger partial charge in [-0.25, -0.2) is 0 Å². The molecule has 0 aliphatic carbocycles. The molecule has 0 spiro atoms. The van der Waals surface area contributed by atoms with Gasteiger partial charge in [-0.3, -0.25) is 9.59 Å². The number of likely N-dealkylation sites (N-methyl/N-ethyl adjacent to an activating group) is 1. The topological polar surface area (TPSA) is 72.9 Å². The van der Waals surface area contributed by atoms with Crippen molar-refractivity contribution in [3.63, 3.8) is 0 Å². The van der Waals surface area contributed by atoms with Crippen LogP contribution in [0.2, 0.25) is 0 Å². The first-order valence-corrected chi connectivity index (χ1v) is 6.40. The van der Waals surface area contributed by atoms with Gasteiger partial charge in [0.05, 0.1) is 6.61 Å². The predicted octanol–water partition coefficient (Wildman–Crippen LogP) is -0.716. The molecule has 1 fully saturated rings. The first kappa shape index (κ1) is 16.9. The van der Waals surface area contributed by atoms with Gasteiger partial charge in [-0.15, -0.1) is 0 Å². The maximum atomic E-state index is 11.8. The minimum atomic E-state index is -0.442. The van der Waals surface area contributed by atoms with E-state index in [9.17, 15) is 9.59 Å². The van der Waals surface area contributed by atoms with Crippen LogP contribution in [0.4, 0.5) is 0 Å². The average Bonchev–Trinajstić information content (AvgIpc) is 2.37. The lowest BCUT2D eigenvalue weighted by Crippen LogP contribution is -2.59. The molecule has 1 unspecified atom stereocenters. The SMILES string of the molecule is CC.CC(=O)N1CCN(C)CC1C(=O)NCCO. The van der Waals surface area contributed by atoms with Gasteiger partial charge in [-0.05, 0) is 7.05 Å². The van der Waals surface area contributed by atoms with Gasteiger partial charge in [0.2, 0.25) is 11.8 Å². The Morgan fingerprint density at radius 3 is 2.44 bits per heavy atom. The van der Waals surface area contributed by atoms with Gasteiger partial charge in [0.25, 0.3) is 0 Å². The fourth-order valence-electron chi connectivity index (χ4n) is 1.82. The highest BCUT2D eigenvalue weighted by Crippen LogP contribution is 2.08. The minimum Gasteiger partial charge on any atom is -0.395 e. The molecule has 1 aliphatic rings. The third kappa shape index (κ3) is 5.01. The van der Waals surface area contributed by atoms with E-state index in [0.29, 0.717) is 13.1 Å². The normalized spacial score (nSPS) is 19.8. The van der Waals surface area contributed by atoms with Crippen molar-refractivity contribution in [1.29, 1.82) is 0 Å². The molecule has 0 bridgehead atoms. The molecule has 0 aromatic rings. The Morgan fingerprint density at radius 2 is 1.94 bits per heavy atom. The van der Waals surface area contributed by atoms with E-state index in [1.807, 2.05) is 25.8 Å². The summed E-state index contributed by atoms with van der Waals surface area (Å²) >= 11 is 0. The molecule has 6 heteroatoms. The number of hydrogen-bond donors (Lipinski definition) is 2. The maximum absolute atomic E-state index is 11.8. The number of rotatable bonds is 3. The van der Waals surface area contributed by atoms with E-state index in [1.165, 1.54) is 6.92 Å². The lowest BCUT2D eigenvalue weighted by Gasteiger charge is -2.38. The van der Waals surface area contributed by atoms with Crippen molar-refractivity contribution in [2.24, 2.45) is 0 Å². The molecule has 0 aromatic heterocycles. The molecule has 1 rings (SSSR count).